The number of rotatable bonds is 15. The predicted octanol–water partition coefficient (Wildman–Crippen LogP) is 4.16. The Morgan fingerprint density at radius 2 is 0.438 bits per heavy atom. The maximum Gasteiger partial charge on any atom is 0.0535 e. The molecule has 0 aromatic carbocycles. The molecule has 0 bridgehead atoms. The van der Waals surface area contributed by atoms with E-state index in [1.165, 1.54) is 12.8 Å². The Hall–Kier alpha value is 1.40. The third-order valence-electron chi connectivity index (χ3n) is 5.03. The van der Waals surface area contributed by atoms with Crippen LogP contribution in [0.1, 0.15) is 12.8 Å². The van der Waals surface area contributed by atoms with Crippen molar-refractivity contribution in [2.45, 2.75) is 23.6 Å². The van der Waals surface area contributed by atoms with Crippen molar-refractivity contribution >= 4 is 32.9 Å². The van der Waals surface area contributed by atoms with Crippen molar-refractivity contribution in [2.24, 2.45) is 0 Å². The Labute approximate surface area is 206 Å². The predicted molar refractivity (Wildman–Crippen MR) is 154 cm³/mol. The second-order valence-electron chi connectivity index (χ2n) is 9.60. The van der Waals surface area contributed by atoms with E-state index in [1.807, 2.05) is 0 Å². The largest absolute Gasteiger partial charge is 0.276 e. The zero-order valence-electron chi connectivity index (χ0n) is 23.9. The fourth-order valence-electron chi connectivity index (χ4n) is 4.51. The molecule has 194 valence electrons. The molecule has 12 heteroatoms. The summed E-state index contributed by atoms with van der Waals surface area (Å²) in [7, 11) is 34.5. The Morgan fingerprint density at radius 1 is 0.312 bits per heavy atom. The van der Waals surface area contributed by atoms with Crippen molar-refractivity contribution in [2.75, 3.05) is 113 Å². The minimum Gasteiger partial charge on any atom is -0.276 e. The summed E-state index contributed by atoms with van der Waals surface area (Å²) in [6.45, 7) is 0. The molecular formula is C20H54N8P4. The van der Waals surface area contributed by atoms with E-state index in [0.717, 1.165) is 0 Å². The minimum absolute atomic E-state index is 0.405. The smallest absolute Gasteiger partial charge is 0.0535 e. The maximum absolute atomic E-state index is 2.47. The van der Waals surface area contributed by atoms with Gasteiger partial charge in [-0.25, -0.2) is 0 Å². The molecular weight excluding hydrogens is 476 g/mol. The topological polar surface area (TPSA) is 25.9 Å². The van der Waals surface area contributed by atoms with Gasteiger partial charge in [-0.1, -0.05) is 0 Å². The molecule has 0 unspecified atom stereocenters. The fourth-order valence-corrected chi connectivity index (χ4v) is 19.6. The van der Waals surface area contributed by atoms with E-state index in [-0.39, 0.29) is 0 Å². The summed E-state index contributed by atoms with van der Waals surface area (Å²) in [5, 5.41) is 1.22. The zero-order chi connectivity index (χ0) is 25.5. The van der Waals surface area contributed by atoms with Gasteiger partial charge in [-0.05, 0) is 126 Å². The van der Waals surface area contributed by atoms with Gasteiger partial charge in [-0.3, -0.25) is 37.4 Å². The van der Waals surface area contributed by atoms with Gasteiger partial charge in [0.1, 0.15) is 0 Å². The molecule has 0 spiro atoms. The molecule has 0 saturated carbocycles. The lowest BCUT2D eigenvalue weighted by Gasteiger charge is -2.48. The molecule has 0 amide bonds. The van der Waals surface area contributed by atoms with Crippen LogP contribution in [-0.2, 0) is 0 Å². The van der Waals surface area contributed by atoms with Crippen LogP contribution in [0.2, 0.25) is 0 Å². The third kappa shape index (κ3) is 9.81. The van der Waals surface area contributed by atoms with Crippen molar-refractivity contribution in [3.05, 3.63) is 0 Å². The quantitative estimate of drug-likeness (QED) is 0.292. The normalized spacial score (nSPS) is 14.1. The lowest BCUT2D eigenvalue weighted by molar-refractivity contribution is 0.521. The van der Waals surface area contributed by atoms with Crippen LogP contribution in [0, 0.1) is 0 Å². The van der Waals surface area contributed by atoms with Crippen LogP contribution in [0.3, 0.4) is 0 Å². The molecule has 0 saturated heterocycles. The number of hydrogen-bond donors (Lipinski definition) is 0. The number of nitrogens with zero attached hydrogens (tertiary/aromatic N) is 8. The molecule has 0 aliphatic rings. The molecule has 0 aliphatic heterocycles. The first-order valence-corrected chi connectivity index (χ1v) is 16.4. The maximum atomic E-state index is 2.47. The third-order valence-corrected chi connectivity index (χ3v) is 17.2. The Morgan fingerprint density at radius 3 is 0.531 bits per heavy atom. The van der Waals surface area contributed by atoms with Crippen LogP contribution in [0.15, 0.2) is 0 Å². The number of hydrogen-bond acceptors (Lipinski definition) is 8. The van der Waals surface area contributed by atoms with E-state index in [2.05, 4.69) is 150 Å². The van der Waals surface area contributed by atoms with Crippen LogP contribution < -0.4 is 0 Å². The monoisotopic (exact) mass is 530 g/mol. The molecule has 0 N–H and O–H groups in total. The average Bonchev–Trinajstić information content (AvgIpc) is 2.56. The van der Waals surface area contributed by atoms with Gasteiger partial charge in [0.05, 0.1) is 10.8 Å². The lowest BCUT2D eigenvalue weighted by Crippen LogP contribution is -2.34. The van der Waals surface area contributed by atoms with Gasteiger partial charge >= 0.3 is 0 Å². The van der Waals surface area contributed by atoms with Gasteiger partial charge in [-0.15, -0.1) is 0 Å². The average molecular weight is 531 g/mol. The van der Waals surface area contributed by atoms with E-state index in [1.54, 1.807) is 0 Å². The Kier molecular flexibility index (Phi) is 16.2. The second-order valence-corrected chi connectivity index (χ2v) is 21.9. The highest BCUT2D eigenvalue weighted by atomic mass is 31.2. The molecule has 0 aromatic heterocycles. The van der Waals surface area contributed by atoms with Crippen molar-refractivity contribution in [3.63, 3.8) is 0 Å². The van der Waals surface area contributed by atoms with Crippen molar-refractivity contribution in [3.8, 4) is 0 Å². The summed E-state index contributed by atoms with van der Waals surface area (Å²) >= 11 is 0. The summed E-state index contributed by atoms with van der Waals surface area (Å²) < 4.78 is 19.8. The highest BCUT2D eigenvalue weighted by Crippen LogP contribution is 2.67. The van der Waals surface area contributed by atoms with Crippen LogP contribution in [0.5, 0.6) is 0 Å². The Balaban J connectivity index is 6.34. The molecule has 0 aromatic rings. The first kappa shape index (κ1) is 33.4. The second kappa shape index (κ2) is 15.5. The lowest BCUT2D eigenvalue weighted by atomic mass is 10.4. The molecule has 0 rings (SSSR count). The first-order valence-electron chi connectivity index (χ1n) is 11.1. The van der Waals surface area contributed by atoms with E-state index < -0.39 is 32.9 Å². The van der Waals surface area contributed by atoms with Gasteiger partial charge in [0, 0.05) is 32.9 Å². The molecule has 0 aliphatic carbocycles. The Bertz CT molecular complexity index is 390. The highest BCUT2D eigenvalue weighted by molar-refractivity contribution is 7.72. The minimum atomic E-state index is -0.405. The van der Waals surface area contributed by atoms with Crippen LogP contribution in [0.4, 0.5) is 0 Å². The first-order chi connectivity index (χ1) is 14.6. The summed E-state index contributed by atoms with van der Waals surface area (Å²) in [5.74, 6) is 0. The van der Waals surface area contributed by atoms with Crippen molar-refractivity contribution in [1.82, 2.24) is 37.4 Å². The van der Waals surface area contributed by atoms with Crippen molar-refractivity contribution in [1.29, 1.82) is 0 Å². The SMILES string of the molecule is CN(C)P(C(CCC(P(N(C)C)N(C)C)P(N(C)C)N(C)C)P(N(C)C)N(C)C)N(C)C. The molecule has 32 heavy (non-hydrogen) atoms. The summed E-state index contributed by atoms with van der Waals surface area (Å²) in [4.78, 5) is 0. The van der Waals surface area contributed by atoms with Gasteiger partial charge in [0.15, 0.2) is 0 Å². The molecule has 0 fully saturated rings. The fraction of sp³-hybridized carbons (Fsp3) is 1.00. The van der Waals surface area contributed by atoms with Gasteiger partial charge in [0.2, 0.25) is 0 Å². The van der Waals surface area contributed by atoms with Crippen LogP contribution >= 0.6 is 32.9 Å². The summed E-state index contributed by atoms with van der Waals surface area (Å²) in [5.41, 5.74) is 0. The zero-order valence-corrected chi connectivity index (χ0v) is 27.5. The van der Waals surface area contributed by atoms with Crippen LogP contribution in [0.25, 0.3) is 0 Å². The molecule has 8 nitrogen and oxygen atoms in total. The van der Waals surface area contributed by atoms with E-state index in [4.69, 9.17) is 0 Å². The van der Waals surface area contributed by atoms with Crippen molar-refractivity contribution < 1.29 is 0 Å². The van der Waals surface area contributed by atoms with Crippen LogP contribution in [-0.4, -0.2) is 161 Å². The molecule has 0 atom stereocenters. The van der Waals surface area contributed by atoms with Gasteiger partial charge in [0.25, 0.3) is 0 Å². The van der Waals surface area contributed by atoms with Gasteiger partial charge in [-0.2, -0.15) is 0 Å². The molecule has 0 radical (unpaired) electrons. The van der Waals surface area contributed by atoms with E-state index in [0.29, 0.717) is 10.8 Å². The van der Waals surface area contributed by atoms with E-state index in [9.17, 15) is 0 Å². The standard InChI is InChI=1S/C20H54N8P4/c1-21(2)29(22(3)4)19(30(23(5)6)24(7)8)17-18-20(31(25(9)10)26(11)12)32(27(13)14)28(15)16/h19-20H,17-18H2,1-16H3. The summed E-state index contributed by atoms with van der Waals surface area (Å²) in [6, 6.07) is 0. The molecule has 0 heterocycles. The van der Waals surface area contributed by atoms with Gasteiger partial charge < -0.3 is 0 Å². The van der Waals surface area contributed by atoms with E-state index >= 15 is 0 Å². The summed E-state index contributed by atoms with van der Waals surface area (Å²) in [6.07, 6.45) is 2.46. The highest BCUT2D eigenvalue weighted by Gasteiger charge is 2.40.